The summed E-state index contributed by atoms with van der Waals surface area (Å²) in [5.74, 6) is 1.01. The van der Waals surface area contributed by atoms with Crippen molar-refractivity contribution in [1.82, 2.24) is 0 Å². The van der Waals surface area contributed by atoms with Gasteiger partial charge in [0.2, 0.25) is 0 Å². The number of fused-ring (bicyclic) bond motifs is 5. The number of rotatable bonds is 7. The van der Waals surface area contributed by atoms with Crippen molar-refractivity contribution in [2.75, 3.05) is 0 Å². The van der Waals surface area contributed by atoms with Crippen LogP contribution in [0.15, 0.2) is 202 Å². The van der Waals surface area contributed by atoms with E-state index >= 15 is 0 Å². The number of benzene rings is 8. The zero-order chi connectivity index (χ0) is 36.4. The van der Waals surface area contributed by atoms with Gasteiger partial charge in [0.1, 0.15) is 17.0 Å². The fourth-order valence-electron chi connectivity index (χ4n) is 7.32. The van der Waals surface area contributed by atoms with Gasteiger partial charge in [-0.25, -0.2) is 4.99 Å². The Morgan fingerprint density at radius 1 is 0.519 bits per heavy atom. The molecule has 2 N–H and O–H groups in total. The Morgan fingerprint density at radius 2 is 1.09 bits per heavy atom. The summed E-state index contributed by atoms with van der Waals surface area (Å²) in [5, 5.41) is 4.70. The Hall–Kier alpha value is -7.04. The Labute approximate surface area is 314 Å². The zero-order valence-electron chi connectivity index (χ0n) is 29.9. The molecule has 0 radical (unpaired) electrons. The van der Waals surface area contributed by atoms with Gasteiger partial charge in [0, 0.05) is 27.5 Å². The van der Waals surface area contributed by atoms with Crippen molar-refractivity contribution in [3.05, 3.63) is 205 Å². The van der Waals surface area contributed by atoms with E-state index in [2.05, 4.69) is 134 Å². The fraction of sp³-hybridized carbons (Fsp3) is 0.0400. The largest absolute Gasteiger partial charge is 0.455 e. The number of aliphatic imine (C=N–C) groups is 2. The van der Waals surface area contributed by atoms with E-state index in [0.29, 0.717) is 11.7 Å². The number of hydrogen-bond acceptors (Lipinski definition) is 2. The Balaban J connectivity index is 1.05. The van der Waals surface area contributed by atoms with Gasteiger partial charge in [0.25, 0.3) is 0 Å². The number of nitrogens with zero attached hydrogens (tertiary/aromatic N) is 2. The average molecular weight is 696 g/mol. The van der Waals surface area contributed by atoms with E-state index in [-0.39, 0.29) is 6.04 Å². The predicted octanol–water partition coefficient (Wildman–Crippen LogP) is 12.7. The first kappa shape index (κ1) is 32.8. The molecule has 0 saturated heterocycles. The molecule has 1 heterocycles. The van der Waals surface area contributed by atoms with E-state index < -0.39 is 0 Å². The normalized spacial score (nSPS) is 12.8. The van der Waals surface area contributed by atoms with E-state index in [0.717, 1.165) is 72.0 Å². The average Bonchev–Trinajstić information content (AvgIpc) is 3.64. The molecule has 54 heavy (non-hydrogen) atoms. The molecule has 0 aliphatic carbocycles. The fourth-order valence-corrected chi connectivity index (χ4v) is 7.32. The van der Waals surface area contributed by atoms with Crippen LogP contribution >= 0.6 is 0 Å². The molecule has 0 bridgehead atoms. The van der Waals surface area contributed by atoms with Crippen molar-refractivity contribution in [3.63, 3.8) is 0 Å². The molecule has 8 aromatic carbocycles. The summed E-state index contributed by atoms with van der Waals surface area (Å²) in [6.45, 7) is 2.08. The van der Waals surface area contributed by atoms with Crippen LogP contribution in [0.2, 0.25) is 0 Å². The number of hydrogen-bond donors (Lipinski definition) is 1. The van der Waals surface area contributed by atoms with Crippen LogP contribution in [0.5, 0.6) is 0 Å². The minimum Gasteiger partial charge on any atom is -0.455 e. The standard InChI is InChI=1S/C50H37N3O/c1-33(34-14-4-2-5-15-34)52-50(36-17-6-3-7-18-36)53-49(51)42-24-12-22-40(32-42)38-20-10-19-37(30-38)39-21-11-23-41(31-39)44-26-13-27-45-47-43-25-9-8-16-35(43)28-29-46(47)54-48(44)45/h2-33H,1H3,(H2,51,52,53). The van der Waals surface area contributed by atoms with Crippen molar-refractivity contribution >= 4 is 44.4 Å². The molecule has 1 aromatic heterocycles. The summed E-state index contributed by atoms with van der Waals surface area (Å²) in [4.78, 5) is 9.93. The minimum absolute atomic E-state index is 0.0856. The topological polar surface area (TPSA) is 63.9 Å². The van der Waals surface area contributed by atoms with Crippen molar-refractivity contribution in [3.8, 4) is 33.4 Å². The molecular formula is C50H37N3O. The van der Waals surface area contributed by atoms with E-state index in [1.807, 2.05) is 60.7 Å². The summed E-state index contributed by atoms with van der Waals surface area (Å²) in [5.41, 5.74) is 18.0. The third kappa shape index (κ3) is 6.35. The molecule has 0 spiro atoms. The third-order valence-corrected chi connectivity index (χ3v) is 10.1. The van der Waals surface area contributed by atoms with Crippen LogP contribution < -0.4 is 5.73 Å². The zero-order valence-corrected chi connectivity index (χ0v) is 29.9. The molecule has 1 unspecified atom stereocenters. The van der Waals surface area contributed by atoms with Crippen molar-refractivity contribution in [2.24, 2.45) is 15.7 Å². The number of furan rings is 1. The van der Waals surface area contributed by atoms with Gasteiger partial charge in [0.15, 0.2) is 5.84 Å². The summed E-state index contributed by atoms with van der Waals surface area (Å²) in [6.07, 6.45) is 0. The molecule has 0 saturated carbocycles. The van der Waals surface area contributed by atoms with Gasteiger partial charge < -0.3 is 10.2 Å². The van der Waals surface area contributed by atoms with Crippen LogP contribution in [-0.4, -0.2) is 11.7 Å². The molecule has 9 rings (SSSR count). The molecule has 0 amide bonds. The highest BCUT2D eigenvalue weighted by Crippen LogP contribution is 2.40. The summed E-state index contributed by atoms with van der Waals surface area (Å²) < 4.78 is 6.56. The molecule has 1 atom stereocenters. The number of nitrogens with two attached hydrogens (primary N) is 1. The molecule has 0 fully saturated rings. The highest BCUT2D eigenvalue weighted by Gasteiger charge is 2.15. The lowest BCUT2D eigenvalue weighted by atomic mass is 9.95. The van der Waals surface area contributed by atoms with Crippen molar-refractivity contribution < 1.29 is 4.42 Å². The van der Waals surface area contributed by atoms with Crippen LogP contribution in [0.4, 0.5) is 0 Å². The lowest BCUT2D eigenvalue weighted by Crippen LogP contribution is -2.16. The van der Waals surface area contributed by atoms with E-state index in [9.17, 15) is 0 Å². The van der Waals surface area contributed by atoms with Gasteiger partial charge >= 0.3 is 0 Å². The van der Waals surface area contributed by atoms with Crippen molar-refractivity contribution in [1.29, 1.82) is 0 Å². The van der Waals surface area contributed by atoms with Crippen LogP contribution in [0.3, 0.4) is 0 Å². The monoisotopic (exact) mass is 695 g/mol. The second-order valence-electron chi connectivity index (χ2n) is 13.6. The van der Waals surface area contributed by atoms with Gasteiger partial charge in [-0.1, -0.05) is 164 Å². The van der Waals surface area contributed by atoms with Crippen LogP contribution in [0, 0.1) is 0 Å². The number of para-hydroxylation sites is 1. The molecule has 4 heteroatoms. The Bertz CT molecular complexity index is 2850. The van der Waals surface area contributed by atoms with Gasteiger partial charge in [-0.15, -0.1) is 0 Å². The maximum absolute atomic E-state index is 6.74. The molecule has 9 aromatic rings. The highest BCUT2D eigenvalue weighted by molar-refractivity contribution is 6.20. The number of amidine groups is 2. The second kappa shape index (κ2) is 14.2. The van der Waals surface area contributed by atoms with Gasteiger partial charge in [-0.3, -0.25) is 4.99 Å². The maximum atomic E-state index is 6.74. The molecular weight excluding hydrogens is 659 g/mol. The van der Waals surface area contributed by atoms with Crippen molar-refractivity contribution in [2.45, 2.75) is 13.0 Å². The smallest absolute Gasteiger partial charge is 0.157 e. The lowest BCUT2D eigenvalue weighted by Gasteiger charge is -2.11. The lowest BCUT2D eigenvalue weighted by molar-refractivity contribution is 0.670. The summed E-state index contributed by atoms with van der Waals surface area (Å²) in [6, 6.07) is 64.9. The second-order valence-corrected chi connectivity index (χ2v) is 13.6. The van der Waals surface area contributed by atoms with E-state index in [4.69, 9.17) is 20.1 Å². The first-order chi connectivity index (χ1) is 26.6. The maximum Gasteiger partial charge on any atom is 0.157 e. The predicted molar refractivity (Wildman–Crippen MR) is 226 cm³/mol. The summed E-state index contributed by atoms with van der Waals surface area (Å²) >= 11 is 0. The first-order valence-electron chi connectivity index (χ1n) is 18.3. The van der Waals surface area contributed by atoms with Gasteiger partial charge in [0.05, 0.1) is 6.04 Å². The van der Waals surface area contributed by atoms with Crippen LogP contribution in [-0.2, 0) is 0 Å². The first-order valence-corrected chi connectivity index (χ1v) is 18.3. The molecule has 258 valence electrons. The van der Waals surface area contributed by atoms with E-state index in [1.165, 1.54) is 10.8 Å². The SMILES string of the molecule is CC(N=C(N=C(N)c1cccc(-c2cccc(-c3cccc(-c4cccc5c4oc4ccc6ccccc6c45)c3)c2)c1)c1ccccc1)c1ccccc1. The third-order valence-electron chi connectivity index (χ3n) is 10.1. The van der Waals surface area contributed by atoms with Gasteiger partial charge in [-0.05, 0) is 75.3 Å². The van der Waals surface area contributed by atoms with Crippen LogP contribution in [0.25, 0.3) is 66.1 Å². The Kier molecular flexibility index (Phi) is 8.62. The highest BCUT2D eigenvalue weighted by atomic mass is 16.3. The van der Waals surface area contributed by atoms with Crippen LogP contribution in [0.1, 0.15) is 29.7 Å². The van der Waals surface area contributed by atoms with E-state index in [1.54, 1.807) is 0 Å². The van der Waals surface area contributed by atoms with Gasteiger partial charge in [-0.2, -0.15) is 0 Å². The molecule has 0 aliphatic rings. The molecule has 0 aliphatic heterocycles. The minimum atomic E-state index is -0.0856. The quantitative estimate of drug-likeness (QED) is 0.133. The Morgan fingerprint density at radius 3 is 1.85 bits per heavy atom. The molecule has 4 nitrogen and oxygen atoms in total. The summed E-state index contributed by atoms with van der Waals surface area (Å²) in [7, 11) is 0.